The third-order valence-electron chi connectivity index (χ3n) is 2.08. The Morgan fingerprint density at radius 2 is 2.47 bits per heavy atom. The van der Waals surface area contributed by atoms with Gasteiger partial charge in [-0.05, 0) is 18.6 Å². The van der Waals surface area contributed by atoms with E-state index in [-0.39, 0.29) is 5.91 Å². The summed E-state index contributed by atoms with van der Waals surface area (Å²) in [6.45, 7) is 2.79. The van der Waals surface area contributed by atoms with Gasteiger partial charge in [0, 0.05) is 12.7 Å². The molecule has 17 heavy (non-hydrogen) atoms. The quantitative estimate of drug-likeness (QED) is 0.618. The highest BCUT2D eigenvalue weighted by Crippen LogP contribution is 2.18. The largest absolute Gasteiger partial charge is 0.355 e. The minimum atomic E-state index is -0.0157. The highest BCUT2D eigenvalue weighted by Gasteiger charge is 2.06. The highest BCUT2D eigenvalue weighted by atomic mass is 32.2. The monoisotopic (exact) mass is 249 g/mol. The molecule has 0 bridgehead atoms. The molecule has 1 aromatic rings. The molecule has 0 saturated carbocycles. The smallest absolute Gasteiger partial charge is 0.230 e. The van der Waals surface area contributed by atoms with Crippen LogP contribution in [0.1, 0.15) is 25.3 Å². The number of pyridine rings is 1. The lowest BCUT2D eigenvalue weighted by molar-refractivity contribution is -0.118. The van der Waals surface area contributed by atoms with Crippen LogP contribution in [0.3, 0.4) is 0 Å². The summed E-state index contributed by atoms with van der Waals surface area (Å²) in [6, 6.07) is 5.47. The maximum Gasteiger partial charge on any atom is 0.230 e. The number of thioether (sulfide) groups is 1. The number of carbonyl (C=O) groups is 1. The van der Waals surface area contributed by atoms with Crippen LogP contribution in [0.15, 0.2) is 23.4 Å². The van der Waals surface area contributed by atoms with Gasteiger partial charge >= 0.3 is 0 Å². The predicted octanol–water partition coefficient (Wildman–Crippen LogP) is 1.96. The molecule has 0 atom stereocenters. The van der Waals surface area contributed by atoms with E-state index in [9.17, 15) is 4.79 Å². The number of rotatable bonds is 6. The van der Waals surface area contributed by atoms with Crippen molar-refractivity contribution >= 4 is 17.7 Å². The maximum atomic E-state index is 11.4. The minimum absolute atomic E-state index is 0.0157. The Labute approximate surface area is 105 Å². The normalized spacial score (nSPS) is 9.65. The van der Waals surface area contributed by atoms with E-state index < -0.39 is 0 Å². The Kier molecular flexibility index (Phi) is 6.12. The average Bonchev–Trinajstić information content (AvgIpc) is 2.37. The fourth-order valence-corrected chi connectivity index (χ4v) is 1.95. The van der Waals surface area contributed by atoms with Gasteiger partial charge in [0.1, 0.15) is 11.1 Å². The fraction of sp³-hybridized carbons (Fsp3) is 0.417. The summed E-state index contributed by atoms with van der Waals surface area (Å²) in [7, 11) is 0. The molecule has 4 nitrogen and oxygen atoms in total. The van der Waals surface area contributed by atoms with E-state index in [1.165, 1.54) is 11.8 Å². The van der Waals surface area contributed by atoms with Crippen LogP contribution in [0.4, 0.5) is 0 Å². The van der Waals surface area contributed by atoms with Crippen LogP contribution in [-0.4, -0.2) is 23.2 Å². The Bertz CT molecular complexity index is 414. The standard InChI is InChI=1S/C12H15N3OS/c1-2-3-6-14-11(16)9-17-12-10(8-13)5-4-7-15-12/h4-5,7H,2-3,6,9H2,1H3,(H,14,16). The molecular formula is C12H15N3OS. The lowest BCUT2D eigenvalue weighted by atomic mass is 10.3. The number of hydrogen-bond acceptors (Lipinski definition) is 4. The van der Waals surface area contributed by atoms with Gasteiger partial charge in [-0.15, -0.1) is 0 Å². The summed E-state index contributed by atoms with van der Waals surface area (Å²) in [5.74, 6) is 0.285. The third-order valence-corrected chi connectivity index (χ3v) is 3.09. The van der Waals surface area contributed by atoms with Gasteiger partial charge in [-0.1, -0.05) is 25.1 Å². The van der Waals surface area contributed by atoms with Gasteiger partial charge in [-0.2, -0.15) is 5.26 Å². The first-order chi connectivity index (χ1) is 8.27. The van der Waals surface area contributed by atoms with Crippen LogP contribution in [0.25, 0.3) is 0 Å². The average molecular weight is 249 g/mol. The van der Waals surface area contributed by atoms with Gasteiger partial charge in [0.25, 0.3) is 0 Å². The third kappa shape index (κ3) is 4.87. The Hall–Kier alpha value is -1.54. The van der Waals surface area contributed by atoms with Gasteiger partial charge < -0.3 is 5.32 Å². The zero-order chi connectivity index (χ0) is 12.5. The molecule has 0 aromatic carbocycles. The minimum Gasteiger partial charge on any atom is -0.355 e. The number of carbonyl (C=O) groups excluding carboxylic acids is 1. The number of aromatic nitrogens is 1. The number of nitrogens with zero attached hydrogens (tertiary/aromatic N) is 2. The molecule has 0 aliphatic carbocycles. The van der Waals surface area contributed by atoms with Gasteiger partial charge in [0.05, 0.1) is 11.3 Å². The van der Waals surface area contributed by atoms with Crippen molar-refractivity contribution < 1.29 is 4.79 Å². The second-order valence-electron chi connectivity index (χ2n) is 3.46. The maximum absolute atomic E-state index is 11.4. The van der Waals surface area contributed by atoms with E-state index in [2.05, 4.69) is 23.3 Å². The van der Waals surface area contributed by atoms with Crippen LogP contribution in [0.2, 0.25) is 0 Å². The Morgan fingerprint density at radius 3 is 3.18 bits per heavy atom. The summed E-state index contributed by atoms with van der Waals surface area (Å²) < 4.78 is 0. The zero-order valence-corrected chi connectivity index (χ0v) is 10.6. The number of nitriles is 1. The summed E-state index contributed by atoms with van der Waals surface area (Å²) in [5.41, 5.74) is 0.513. The van der Waals surface area contributed by atoms with Crippen LogP contribution < -0.4 is 5.32 Å². The second kappa shape index (κ2) is 7.69. The fourth-order valence-electron chi connectivity index (χ4n) is 1.18. The number of nitrogens with one attached hydrogen (secondary N) is 1. The topological polar surface area (TPSA) is 65.8 Å². The van der Waals surface area contributed by atoms with Crippen LogP contribution >= 0.6 is 11.8 Å². The summed E-state index contributed by atoms with van der Waals surface area (Å²) in [5, 5.41) is 12.3. The molecule has 1 N–H and O–H groups in total. The molecule has 1 heterocycles. The number of hydrogen-bond donors (Lipinski definition) is 1. The molecule has 0 aliphatic rings. The lowest BCUT2D eigenvalue weighted by Crippen LogP contribution is -2.26. The first-order valence-corrected chi connectivity index (χ1v) is 6.51. The van der Waals surface area contributed by atoms with Crippen LogP contribution in [-0.2, 0) is 4.79 Å². The molecule has 90 valence electrons. The van der Waals surface area contributed by atoms with Crippen molar-refractivity contribution in [1.82, 2.24) is 10.3 Å². The van der Waals surface area contributed by atoms with Crippen molar-refractivity contribution in [2.45, 2.75) is 24.8 Å². The van der Waals surface area contributed by atoms with Crippen molar-refractivity contribution in [1.29, 1.82) is 5.26 Å². The molecule has 0 unspecified atom stereocenters. The lowest BCUT2D eigenvalue weighted by Gasteiger charge is -2.04. The van der Waals surface area contributed by atoms with Gasteiger partial charge in [-0.25, -0.2) is 4.98 Å². The molecule has 0 spiro atoms. The van der Waals surface area contributed by atoms with Crippen molar-refractivity contribution in [3.8, 4) is 6.07 Å². The van der Waals surface area contributed by atoms with E-state index in [0.29, 0.717) is 22.9 Å². The van der Waals surface area contributed by atoms with Crippen LogP contribution in [0, 0.1) is 11.3 Å². The summed E-state index contributed by atoms with van der Waals surface area (Å²) in [6.07, 6.45) is 3.67. The molecule has 5 heteroatoms. The molecule has 1 rings (SSSR count). The molecule has 0 saturated heterocycles. The number of unbranched alkanes of at least 4 members (excludes halogenated alkanes) is 1. The Balaban J connectivity index is 2.40. The van der Waals surface area contributed by atoms with E-state index in [0.717, 1.165) is 12.8 Å². The first kappa shape index (κ1) is 13.5. The molecule has 0 radical (unpaired) electrons. The molecule has 1 amide bonds. The van der Waals surface area contributed by atoms with E-state index in [1.807, 2.05) is 0 Å². The van der Waals surface area contributed by atoms with E-state index in [1.54, 1.807) is 18.3 Å². The predicted molar refractivity (Wildman–Crippen MR) is 67.6 cm³/mol. The van der Waals surface area contributed by atoms with Crippen LogP contribution in [0.5, 0.6) is 0 Å². The van der Waals surface area contributed by atoms with Crippen molar-refractivity contribution in [3.05, 3.63) is 23.9 Å². The van der Waals surface area contributed by atoms with Gasteiger partial charge in [0.2, 0.25) is 5.91 Å². The first-order valence-electron chi connectivity index (χ1n) is 5.52. The van der Waals surface area contributed by atoms with Gasteiger partial charge in [0.15, 0.2) is 0 Å². The highest BCUT2D eigenvalue weighted by molar-refractivity contribution is 7.99. The van der Waals surface area contributed by atoms with Gasteiger partial charge in [-0.3, -0.25) is 4.79 Å². The summed E-state index contributed by atoms with van der Waals surface area (Å²) in [4.78, 5) is 15.5. The van der Waals surface area contributed by atoms with Crippen molar-refractivity contribution in [3.63, 3.8) is 0 Å². The van der Waals surface area contributed by atoms with E-state index >= 15 is 0 Å². The Morgan fingerprint density at radius 1 is 1.65 bits per heavy atom. The van der Waals surface area contributed by atoms with Crippen molar-refractivity contribution in [2.24, 2.45) is 0 Å². The van der Waals surface area contributed by atoms with Crippen molar-refractivity contribution in [2.75, 3.05) is 12.3 Å². The molecule has 1 aromatic heterocycles. The zero-order valence-electron chi connectivity index (χ0n) is 9.77. The molecule has 0 aliphatic heterocycles. The second-order valence-corrected chi connectivity index (χ2v) is 4.42. The van der Waals surface area contributed by atoms with E-state index in [4.69, 9.17) is 5.26 Å². The summed E-state index contributed by atoms with van der Waals surface area (Å²) >= 11 is 1.29. The number of amides is 1. The SMILES string of the molecule is CCCCNC(=O)CSc1ncccc1C#N. The molecule has 0 fully saturated rings. The molecular weight excluding hydrogens is 234 g/mol.